The van der Waals surface area contributed by atoms with Gasteiger partial charge in [0.2, 0.25) is 0 Å². The van der Waals surface area contributed by atoms with Gasteiger partial charge in [-0.05, 0) is 37.7 Å². The van der Waals surface area contributed by atoms with Crippen molar-refractivity contribution in [2.45, 2.75) is 136 Å². The second-order valence-corrected chi connectivity index (χ2v) is 10.8. The molecular formula is C24H54LiPSn. The molecule has 0 aliphatic rings. The molecule has 0 aliphatic carbocycles. The third-order valence-corrected chi connectivity index (χ3v) is 8.33. The van der Waals surface area contributed by atoms with Gasteiger partial charge in [0.1, 0.15) is 0 Å². The van der Waals surface area contributed by atoms with Gasteiger partial charge in [0.05, 0.1) is 0 Å². The maximum absolute atomic E-state index is 2.32. The Kier molecular flexibility index (Phi) is 37.2. The Balaban J connectivity index is -0.00000288. The van der Waals surface area contributed by atoms with Crippen molar-refractivity contribution in [3.05, 3.63) is 0 Å². The van der Waals surface area contributed by atoms with E-state index in [-0.39, 0.29) is 42.8 Å². The molecule has 0 aromatic carbocycles. The summed E-state index contributed by atoms with van der Waals surface area (Å²) in [5, 5.41) is 0. The van der Waals surface area contributed by atoms with E-state index in [4.69, 9.17) is 0 Å². The monoisotopic (exact) mass is 500 g/mol. The fourth-order valence-electron chi connectivity index (χ4n) is 3.68. The van der Waals surface area contributed by atoms with Crippen molar-refractivity contribution < 1.29 is 0 Å². The van der Waals surface area contributed by atoms with Crippen LogP contribution in [0.4, 0.5) is 0 Å². The topological polar surface area (TPSA) is 0 Å². The summed E-state index contributed by atoms with van der Waals surface area (Å²) < 4.78 is 0. The molecule has 0 amide bonds. The standard InChI is InChI=1S/C24H51P.Li.Sn.3H/c1-4-7-10-13-16-19-22-25(23-20-17-14-11-8-5-2)24-21-18-15-12-9-6-3;;;;;/h4-24H2,1-3H3;;;;;. The zero-order valence-corrected chi connectivity index (χ0v) is 23.9. The molecule has 0 aromatic rings. The zero-order chi connectivity index (χ0) is 18.4. The minimum atomic E-state index is 0. The van der Waals surface area contributed by atoms with E-state index in [1.807, 2.05) is 0 Å². The first-order valence-electron chi connectivity index (χ1n) is 12.1. The van der Waals surface area contributed by atoms with E-state index in [2.05, 4.69) is 20.8 Å². The van der Waals surface area contributed by atoms with Gasteiger partial charge >= 0.3 is 42.8 Å². The van der Waals surface area contributed by atoms with Crippen LogP contribution in [0, 0.1) is 0 Å². The fourth-order valence-corrected chi connectivity index (χ4v) is 6.37. The van der Waals surface area contributed by atoms with E-state index in [0.717, 1.165) is 0 Å². The average Bonchev–Trinajstić information content (AvgIpc) is 2.63. The van der Waals surface area contributed by atoms with Gasteiger partial charge in [-0.15, -0.1) is 7.92 Å². The van der Waals surface area contributed by atoms with E-state index in [0.29, 0.717) is 7.92 Å². The Labute approximate surface area is 204 Å². The minimum absolute atomic E-state index is 0. The molecule has 0 nitrogen and oxygen atoms in total. The number of rotatable bonds is 21. The number of unbranched alkanes of at least 4 members (excludes halogenated alkanes) is 15. The second-order valence-electron chi connectivity index (χ2n) is 8.14. The molecule has 0 aliphatic heterocycles. The van der Waals surface area contributed by atoms with Gasteiger partial charge in [0.15, 0.2) is 0 Å². The Morgan fingerprint density at radius 1 is 0.370 bits per heavy atom. The van der Waals surface area contributed by atoms with Gasteiger partial charge in [-0.3, -0.25) is 0 Å². The molecule has 2 radical (unpaired) electrons. The van der Waals surface area contributed by atoms with Crippen LogP contribution in [0.2, 0.25) is 0 Å². The second kappa shape index (κ2) is 30.0. The van der Waals surface area contributed by atoms with E-state index in [9.17, 15) is 0 Å². The molecular weight excluding hydrogens is 445 g/mol. The third-order valence-electron chi connectivity index (χ3n) is 5.48. The van der Waals surface area contributed by atoms with E-state index < -0.39 is 0 Å². The summed E-state index contributed by atoms with van der Waals surface area (Å²) in [6.07, 6.45) is 31.2. The first-order valence-corrected chi connectivity index (χ1v) is 14.0. The summed E-state index contributed by atoms with van der Waals surface area (Å²) >= 11 is 0. The summed E-state index contributed by atoms with van der Waals surface area (Å²) in [4.78, 5) is 0. The first kappa shape index (κ1) is 33.5. The molecule has 0 heterocycles. The van der Waals surface area contributed by atoms with Gasteiger partial charge in [-0.25, -0.2) is 0 Å². The molecule has 0 saturated carbocycles. The molecule has 0 aromatic heterocycles. The fraction of sp³-hybridized carbons (Fsp3) is 1.00. The maximum atomic E-state index is 2.32. The Morgan fingerprint density at radius 2 is 0.593 bits per heavy atom. The normalized spacial score (nSPS) is 10.7. The van der Waals surface area contributed by atoms with E-state index >= 15 is 0 Å². The van der Waals surface area contributed by atoms with Crippen LogP contribution in [0.5, 0.6) is 0 Å². The summed E-state index contributed by atoms with van der Waals surface area (Å²) in [5.74, 6) is 0. The van der Waals surface area contributed by atoms with Crippen molar-refractivity contribution in [1.82, 2.24) is 0 Å². The molecule has 0 fully saturated rings. The Bertz CT molecular complexity index is 200. The summed E-state index contributed by atoms with van der Waals surface area (Å²) in [5.41, 5.74) is 0. The molecule has 27 heavy (non-hydrogen) atoms. The Morgan fingerprint density at radius 3 is 0.852 bits per heavy atom. The van der Waals surface area contributed by atoms with Gasteiger partial charge in [0, 0.05) is 0 Å². The van der Waals surface area contributed by atoms with Crippen molar-refractivity contribution in [2.75, 3.05) is 18.5 Å². The number of hydrogen-bond acceptors (Lipinski definition) is 0. The predicted octanol–water partition coefficient (Wildman–Crippen LogP) is 7.99. The van der Waals surface area contributed by atoms with Crippen LogP contribution in [0.25, 0.3) is 0 Å². The molecule has 160 valence electrons. The molecule has 0 unspecified atom stereocenters. The molecule has 0 spiro atoms. The summed E-state index contributed by atoms with van der Waals surface area (Å²) in [6.45, 7) is 6.96. The van der Waals surface area contributed by atoms with E-state index in [1.54, 1.807) is 18.5 Å². The Hall–Kier alpha value is 1.83. The molecule has 0 bridgehead atoms. The average molecular weight is 499 g/mol. The van der Waals surface area contributed by atoms with Crippen molar-refractivity contribution in [1.29, 1.82) is 0 Å². The zero-order valence-electron chi connectivity index (χ0n) is 19.0. The van der Waals surface area contributed by atoms with Crippen LogP contribution in [0.15, 0.2) is 0 Å². The van der Waals surface area contributed by atoms with Gasteiger partial charge in [0.25, 0.3) is 0 Å². The van der Waals surface area contributed by atoms with Crippen LogP contribution in [0.3, 0.4) is 0 Å². The van der Waals surface area contributed by atoms with Crippen LogP contribution >= 0.6 is 7.92 Å². The summed E-state index contributed by atoms with van der Waals surface area (Å²) in [6, 6.07) is 0. The number of hydrogen-bond donors (Lipinski definition) is 0. The molecule has 3 heteroatoms. The third kappa shape index (κ3) is 27.8. The first-order chi connectivity index (χ1) is 12.3. The molecule has 0 rings (SSSR count). The summed E-state index contributed by atoms with van der Waals surface area (Å²) in [7, 11) is 0.366. The van der Waals surface area contributed by atoms with Crippen LogP contribution in [0.1, 0.15) is 136 Å². The quantitative estimate of drug-likeness (QED) is 0.0854. The van der Waals surface area contributed by atoms with Crippen LogP contribution in [-0.2, 0) is 0 Å². The van der Waals surface area contributed by atoms with Gasteiger partial charge in [-0.2, -0.15) is 0 Å². The predicted molar refractivity (Wildman–Crippen MR) is 137 cm³/mol. The molecule has 0 atom stereocenters. The van der Waals surface area contributed by atoms with Gasteiger partial charge < -0.3 is 0 Å². The van der Waals surface area contributed by atoms with Crippen molar-refractivity contribution in [3.63, 3.8) is 0 Å². The van der Waals surface area contributed by atoms with Gasteiger partial charge in [-0.1, -0.05) is 117 Å². The van der Waals surface area contributed by atoms with Crippen molar-refractivity contribution in [3.8, 4) is 0 Å². The van der Waals surface area contributed by atoms with Crippen LogP contribution < -0.4 is 0 Å². The molecule has 0 N–H and O–H groups in total. The SMILES string of the molecule is CCCCCCCCP(CCCCCCCC)CCCCCCCC.[LiH].[SnH2]. The van der Waals surface area contributed by atoms with Crippen molar-refractivity contribution >= 4 is 50.7 Å². The van der Waals surface area contributed by atoms with E-state index in [1.165, 1.54) is 116 Å². The van der Waals surface area contributed by atoms with Crippen molar-refractivity contribution in [2.24, 2.45) is 0 Å². The molecule has 0 saturated heterocycles. The van der Waals surface area contributed by atoms with Crippen LogP contribution in [-0.4, -0.2) is 61.3 Å².